The second-order valence-electron chi connectivity index (χ2n) is 6.21. The summed E-state index contributed by atoms with van der Waals surface area (Å²) >= 11 is 1.55. The summed E-state index contributed by atoms with van der Waals surface area (Å²) in [5, 5.41) is 2.89. The SMILES string of the molecule is Cc1cc(C)cc(NS(=O)(=O)c2cc(-c3csc(C)n3)ccc2C)c1. The average Bonchev–Trinajstić information content (AvgIpc) is 2.92. The van der Waals surface area contributed by atoms with Crippen LogP contribution in [0.4, 0.5) is 5.69 Å². The maximum atomic E-state index is 12.9. The molecule has 0 spiro atoms. The number of hydrogen-bond acceptors (Lipinski definition) is 4. The number of aryl methyl sites for hydroxylation is 4. The number of nitrogens with zero attached hydrogens (tertiary/aromatic N) is 1. The van der Waals surface area contributed by atoms with Crippen LogP contribution in [0.2, 0.25) is 0 Å². The fraction of sp³-hybridized carbons (Fsp3) is 0.211. The van der Waals surface area contributed by atoms with Gasteiger partial charge in [0.1, 0.15) is 0 Å². The quantitative estimate of drug-likeness (QED) is 0.712. The predicted molar refractivity (Wildman–Crippen MR) is 104 cm³/mol. The van der Waals surface area contributed by atoms with Crippen molar-refractivity contribution in [1.82, 2.24) is 4.98 Å². The van der Waals surface area contributed by atoms with E-state index in [0.29, 0.717) is 11.3 Å². The Morgan fingerprint density at radius 2 is 1.64 bits per heavy atom. The molecule has 130 valence electrons. The van der Waals surface area contributed by atoms with E-state index in [1.165, 1.54) is 0 Å². The Balaban J connectivity index is 2.01. The van der Waals surface area contributed by atoms with Crippen LogP contribution >= 0.6 is 11.3 Å². The summed E-state index contributed by atoms with van der Waals surface area (Å²) in [6.45, 7) is 7.62. The standard InChI is InChI=1S/C19H20N2O2S2/c1-12-7-13(2)9-17(8-12)21-25(22,23)19-10-16(6-5-14(19)3)18-11-24-15(4)20-18/h5-11,21H,1-4H3. The Hall–Kier alpha value is -2.18. The molecule has 0 aliphatic carbocycles. The van der Waals surface area contributed by atoms with Crippen molar-refractivity contribution in [3.05, 3.63) is 63.5 Å². The normalized spacial score (nSPS) is 11.5. The van der Waals surface area contributed by atoms with Crippen molar-refractivity contribution < 1.29 is 8.42 Å². The van der Waals surface area contributed by atoms with Gasteiger partial charge >= 0.3 is 0 Å². The zero-order valence-corrected chi connectivity index (χ0v) is 16.3. The molecule has 4 nitrogen and oxygen atoms in total. The molecule has 0 saturated carbocycles. The molecule has 0 radical (unpaired) electrons. The van der Waals surface area contributed by atoms with Crippen molar-refractivity contribution in [3.63, 3.8) is 0 Å². The minimum atomic E-state index is -3.68. The molecule has 0 saturated heterocycles. The van der Waals surface area contributed by atoms with Crippen LogP contribution in [0.3, 0.4) is 0 Å². The second kappa shape index (κ2) is 6.61. The summed E-state index contributed by atoms with van der Waals surface area (Å²) in [6.07, 6.45) is 0. The lowest BCUT2D eigenvalue weighted by Crippen LogP contribution is -2.14. The lowest BCUT2D eigenvalue weighted by atomic mass is 10.1. The van der Waals surface area contributed by atoms with Gasteiger partial charge in [0.05, 0.1) is 15.6 Å². The molecule has 3 rings (SSSR count). The van der Waals surface area contributed by atoms with Gasteiger partial charge in [-0.1, -0.05) is 18.2 Å². The smallest absolute Gasteiger partial charge is 0.262 e. The first-order valence-corrected chi connectivity index (χ1v) is 10.3. The van der Waals surface area contributed by atoms with E-state index in [1.807, 2.05) is 56.5 Å². The number of thiazole rings is 1. The minimum Gasteiger partial charge on any atom is -0.280 e. The van der Waals surface area contributed by atoms with Gasteiger partial charge in [-0.25, -0.2) is 13.4 Å². The zero-order valence-electron chi connectivity index (χ0n) is 14.6. The van der Waals surface area contributed by atoms with E-state index >= 15 is 0 Å². The fourth-order valence-electron chi connectivity index (χ4n) is 2.79. The highest BCUT2D eigenvalue weighted by atomic mass is 32.2. The summed E-state index contributed by atoms with van der Waals surface area (Å²) in [5.74, 6) is 0. The first-order chi connectivity index (χ1) is 11.7. The van der Waals surface area contributed by atoms with E-state index in [-0.39, 0.29) is 4.90 Å². The molecule has 1 aromatic heterocycles. The molecule has 0 unspecified atom stereocenters. The summed E-state index contributed by atoms with van der Waals surface area (Å²) in [6, 6.07) is 11.1. The van der Waals surface area contributed by atoms with Crippen molar-refractivity contribution in [2.75, 3.05) is 4.72 Å². The highest BCUT2D eigenvalue weighted by Gasteiger charge is 2.19. The van der Waals surface area contributed by atoms with E-state index in [1.54, 1.807) is 24.3 Å². The Kier molecular flexibility index (Phi) is 4.67. The third kappa shape index (κ3) is 3.91. The predicted octanol–water partition coefficient (Wildman–Crippen LogP) is 4.84. The molecule has 0 bridgehead atoms. The first-order valence-electron chi connectivity index (χ1n) is 7.89. The van der Waals surface area contributed by atoms with Crippen molar-refractivity contribution in [2.45, 2.75) is 32.6 Å². The lowest BCUT2D eigenvalue weighted by Gasteiger charge is -2.12. The topological polar surface area (TPSA) is 59.1 Å². The van der Waals surface area contributed by atoms with Gasteiger partial charge in [0.2, 0.25) is 0 Å². The van der Waals surface area contributed by atoms with E-state index in [9.17, 15) is 8.42 Å². The second-order valence-corrected chi connectivity index (χ2v) is 8.93. The van der Waals surface area contributed by atoms with Crippen LogP contribution in [0.15, 0.2) is 46.7 Å². The van der Waals surface area contributed by atoms with E-state index < -0.39 is 10.0 Å². The van der Waals surface area contributed by atoms with Gasteiger partial charge in [-0.3, -0.25) is 4.72 Å². The third-order valence-electron chi connectivity index (χ3n) is 3.87. The minimum absolute atomic E-state index is 0.273. The molecular weight excluding hydrogens is 352 g/mol. The maximum Gasteiger partial charge on any atom is 0.262 e. The Bertz CT molecular complexity index is 1020. The van der Waals surface area contributed by atoms with Crippen molar-refractivity contribution in [2.24, 2.45) is 0 Å². The highest BCUT2D eigenvalue weighted by Crippen LogP contribution is 2.27. The highest BCUT2D eigenvalue weighted by molar-refractivity contribution is 7.92. The summed E-state index contributed by atoms with van der Waals surface area (Å²) in [5.41, 5.74) is 4.91. The molecule has 2 aromatic carbocycles. The first kappa shape index (κ1) is 17.6. The number of sulfonamides is 1. The van der Waals surface area contributed by atoms with E-state index in [4.69, 9.17) is 0 Å². The number of nitrogens with one attached hydrogen (secondary N) is 1. The van der Waals surface area contributed by atoms with Gasteiger partial charge < -0.3 is 0 Å². The van der Waals surface area contributed by atoms with Crippen LogP contribution in [0, 0.1) is 27.7 Å². The van der Waals surface area contributed by atoms with Gasteiger partial charge in [-0.05, 0) is 62.6 Å². The fourth-order valence-corrected chi connectivity index (χ4v) is 4.72. The number of anilines is 1. The monoisotopic (exact) mass is 372 g/mol. The number of aromatic nitrogens is 1. The van der Waals surface area contributed by atoms with Gasteiger partial charge in [0.15, 0.2) is 0 Å². The molecule has 0 atom stereocenters. The van der Waals surface area contributed by atoms with Crippen LogP contribution in [-0.2, 0) is 10.0 Å². The Morgan fingerprint density at radius 3 is 2.24 bits per heavy atom. The molecule has 25 heavy (non-hydrogen) atoms. The molecule has 6 heteroatoms. The van der Waals surface area contributed by atoms with Crippen LogP contribution in [0.1, 0.15) is 21.7 Å². The third-order valence-corrected chi connectivity index (χ3v) is 6.16. The zero-order chi connectivity index (χ0) is 18.2. The van der Waals surface area contributed by atoms with Crippen molar-refractivity contribution in [1.29, 1.82) is 0 Å². The van der Waals surface area contributed by atoms with Crippen LogP contribution in [-0.4, -0.2) is 13.4 Å². The molecule has 0 amide bonds. The largest absolute Gasteiger partial charge is 0.280 e. The molecule has 0 fully saturated rings. The van der Waals surface area contributed by atoms with Gasteiger partial charge in [0.25, 0.3) is 10.0 Å². The summed E-state index contributed by atoms with van der Waals surface area (Å²) in [4.78, 5) is 4.72. The van der Waals surface area contributed by atoms with Gasteiger partial charge in [-0.15, -0.1) is 11.3 Å². The molecule has 1 N–H and O–H groups in total. The number of rotatable bonds is 4. The average molecular weight is 373 g/mol. The van der Waals surface area contributed by atoms with Crippen LogP contribution in [0.5, 0.6) is 0 Å². The van der Waals surface area contributed by atoms with Crippen molar-refractivity contribution >= 4 is 27.0 Å². The lowest BCUT2D eigenvalue weighted by molar-refractivity contribution is 0.600. The number of benzene rings is 2. The van der Waals surface area contributed by atoms with Crippen molar-refractivity contribution in [3.8, 4) is 11.3 Å². The summed E-state index contributed by atoms with van der Waals surface area (Å²) < 4.78 is 28.5. The molecule has 3 aromatic rings. The maximum absolute atomic E-state index is 12.9. The van der Waals surface area contributed by atoms with Crippen LogP contribution in [0.25, 0.3) is 11.3 Å². The van der Waals surface area contributed by atoms with E-state index in [2.05, 4.69) is 9.71 Å². The van der Waals surface area contributed by atoms with E-state index in [0.717, 1.165) is 27.4 Å². The van der Waals surface area contributed by atoms with Crippen LogP contribution < -0.4 is 4.72 Å². The Labute approximate surface area is 152 Å². The molecular formula is C19H20N2O2S2. The summed E-state index contributed by atoms with van der Waals surface area (Å²) in [7, 11) is -3.68. The molecule has 1 heterocycles. The van der Waals surface area contributed by atoms with Gasteiger partial charge in [0, 0.05) is 16.6 Å². The number of hydrogen-bond donors (Lipinski definition) is 1. The molecule has 0 aliphatic rings. The molecule has 0 aliphatic heterocycles. The van der Waals surface area contributed by atoms with Gasteiger partial charge in [-0.2, -0.15) is 0 Å². The Morgan fingerprint density at radius 1 is 0.960 bits per heavy atom.